The maximum absolute atomic E-state index is 11.7. The van der Waals surface area contributed by atoms with Crippen LogP contribution in [-0.4, -0.2) is 23.7 Å². The van der Waals surface area contributed by atoms with Gasteiger partial charge in [0.15, 0.2) is 0 Å². The van der Waals surface area contributed by atoms with Crippen molar-refractivity contribution in [2.45, 2.75) is 19.8 Å². The van der Waals surface area contributed by atoms with Crippen LogP contribution < -0.4 is 10.6 Å². The van der Waals surface area contributed by atoms with Gasteiger partial charge in [-0.15, -0.1) is 0 Å². The Hall–Kier alpha value is -1.27. The van der Waals surface area contributed by atoms with Gasteiger partial charge in [0.1, 0.15) is 0 Å². The summed E-state index contributed by atoms with van der Waals surface area (Å²) in [6, 6.07) is 4.72. The molecule has 7 heteroatoms. The van der Waals surface area contributed by atoms with Crippen molar-refractivity contribution in [3.05, 3.63) is 27.7 Å². The van der Waals surface area contributed by atoms with Crippen LogP contribution in [0, 0.1) is 5.92 Å². The molecule has 1 aromatic rings. The first kappa shape index (κ1) is 16.8. The molecule has 5 nitrogen and oxygen atoms in total. The van der Waals surface area contributed by atoms with Gasteiger partial charge in [-0.3, -0.25) is 4.79 Å². The lowest BCUT2D eigenvalue weighted by molar-refractivity contribution is -0.138. The lowest BCUT2D eigenvalue weighted by Crippen LogP contribution is -2.33. The van der Waals surface area contributed by atoms with Gasteiger partial charge in [0.2, 0.25) is 0 Å². The van der Waals surface area contributed by atoms with E-state index in [-0.39, 0.29) is 12.3 Å². The van der Waals surface area contributed by atoms with Crippen molar-refractivity contribution in [3.63, 3.8) is 0 Å². The highest BCUT2D eigenvalue weighted by molar-refractivity contribution is 9.10. The Balaban J connectivity index is 2.51. The van der Waals surface area contributed by atoms with Crippen LogP contribution in [0.4, 0.5) is 10.5 Å². The minimum absolute atomic E-state index is 0.0361. The first-order chi connectivity index (χ1) is 9.42. The van der Waals surface area contributed by atoms with Gasteiger partial charge in [0.05, 0.1) is 10.7 Å². The topological polar surface area (TPSA) is 78.4 Å². The summed E-state index contributed by atoms with van der Waals surface area (Å²) in [7, 11) is 0. The summed E-state index contributed by atoms with van der Waals surface area (Å²) in [5.74, 6) is -0.953. The van der Waals surface area contributed by atoms with Gasteiger partial charge in [0, 0.05) is 17.4 Å². The molecule has 0 saturated heterocycles. The molecule has 0 aliphatic rings. The highest BCUT2D eigenvalue weighted by Crippen LogP contribution is 2.25. The number of anilines is 1. The molecule has 20 heavy (non-hydrogen) atoms. The lowest BCUT2D eigenvalue weighted by Gasteiger charge is -2.14. The zero-order chi connectivity index (χ0) is 15.1. The molecule has 0 aliphatic heterocycles. The Morgan fingerprint density at radius 1 is 1.45 bits per heavy atom. The number of urea groups is 1. The maximum Gasteiger partial charge on any atom is 0.319 e. The zero-order valence-electron chi connectivity index (χ0n) is 11.0. The summed E-state index contributed by atoms with van der Waals surface area (Å²) >= 11 is 9.25. The van der Waals surface area contributed by atoms with E-state index in [0.29, 0.717) is 23.7 Å². The number of benzene rings is 1. The van der Waals surface area contributed by atoms with Crippen molar-refractivity contribution < 1.29 is 14.7 Å². The smallest absolute Gasteiger partial charge is 0.319 e. The average Bonchev–Trinajstić information content (AvgIpc) is 2.38. The Labute approximate surface area is 130 Å². The number of aliphatic carboxylic acids is 1. The highest BCUT2D eigenvalue weighted by Gasteiger charge is 2.13. The number of carboxylic acids is 1. The second kappa shape index (κ2) is 8.11. The minimum Gasteiger partial charge on any atom is -0.481 e. The molecule has 3 N–H and O–H groups in total. The molecule has 0 spiro atoms. The Kier molecular flexibility index (Phi) is 6.81. The van der Waals surface area contributed by atoms with Crippen molar-refractivity contribution >= 4 is 45.2 Å². The second-order valence-corrected chi connectivity index (χ2v) is 5.65. The summed E-state index contributed by atoms with van der Waals surface area (Å²) < 4.78 is 0.800. The molecule has 1 aromatic carbocycles. The normalized spacial score (nSPS) is 11.8. The van der Waals surface area contributed by atoms with E-state index in [2.05, 4.69) is 26.6 Å². The fourth-order valence-electron chi connectivity index (χ4n) is 1.60. The van der Waals surface area contributed by atoms with Gasteiger partial charge in [0.25, 0.3) is 0 Å². The molecule has 0 saturated carbocycles. The number of amides is 2. The van der Waals surface area contributed by atoms with Gasteiger partial charge in [-0.2, -0.15) is 0 Å². The van der Waals surface area contributed by atoms with Gasteiger partial charge in [-0.05, 0) is 24.1 Å². The largest absolute Gasteiger partial charge is 0.481 e. The number of hydrogen-bond donors (Lipinski definition) is 3. The van der Waals surface area contributed by atoms with Crippen molar-refractivity contribution in [2.24, 2.45) is 5.92 Å². The van der Waals surface area contributed by atoms with E-state index in [1.165, 1.54) is 0 Å². The summed E-state index contributed by atoms with van der Waals surface area (Å²) in [6.45, 7) is 2.19. The number of carboxylic acid groups (broad SMARTS) is 1. The number of nitrogens with one attached hydrogen (secondary N) is 2. The lowest BCUT2D eigenvalue weighted by atomic mass is 10.0. The molecule has 1 rings (SSSR count). The van der Waals surface area contributed by atoms with Crippen LogP contribution in [-0.2, 0) is 4.79 Å². The zero-order valence-corrected chi connectivity index (χ0v) is 13.3. The molecule has 0 bridgehead atoms. The van der Waals surface area contributed by atoms with Crippen molar-refractivity contribution in [1.82, 2.24) is 5.32 Å². The number of carbonyl (C=O) groups is 2. The van der Waals surface area contributed by atoms with E-state index in [1.807, 2.05) is 6.92 Å². The maximum atomic E-state index is 11.7. The standard InChI is InChI=1S/C13H16BrClN2O3/c1-2-8(5-12(18)19)7-16-13(20)17-11-6-9(14)3-4-10(11)15/h3-4,6,8H,2,5,7H2,1H3,(H,18,19)(H2,16,17,20). The fourth-order valence-corrected chi connectivity index (χ4v) is 2.13. The Morgan fingerprint density at radius 3 is 2.75 bits per heavy atom. The molecule has 0 heterocycles. The molecule has 0 aromatic heterocycles. The monoisotopic (exact) mass is 362 g/mol. The predicted molar refractivity (Wildman–Crippen MR) is 82.2 cm³/mol. The first-order valence-electron chi connectivity index (χ1n) is 6.14. The van der Waals surface area contributed by atoms with Crippen LogP contribution >= 0.6 is 27.5 Å². The van der Waals surface area contributed by atoms with E-state index in [9.17, 15) is 9.59 Å². The fraction of sp³-hybridized carbons (Fsp3) is 0.385. The molecule has 0 radical (unpaired) electrons. The number of hydrogen-bond acceptors (Lipinski definition) is 2. The molecule has 2 amide bonds. The van der Waals surface area contributed by atoms with Crippen LogP contribution in [0.1, 0.15) is 19.8 Å². The number of rotatable bonds is 6. The van der Waals surface area contributed by atoms with E-state index >= 15 is 0 Å². The van der Waals surface area contributed by atoms with Gasteiger partial charge >= 0.3 is 12.0 Å². The third-order valence-electron chi connectivity index (χ3n) is 2.77. The van der Waals surface area contributed by atoms with Crippen LogP contribution in [0.15, 0.2) is 22.7 Å². The summed E-state index contributed by atoms with van der Waals surface area (Å²) in [6.07, 6.45) is 0.721. The summed E-state index contributed by atoms with van der Waals surface area (Å²) in [4.78, 5) is 22.4. The van der Waals surface area contributed by atoms with Crippen LogP contribution in [0.2, 0.25) is 5.02 Å². The van der Waals surface area contributed by atoms with Crippen LogP contribution in [0.5, 0.6) is 0 Å². The van der Waals surface area contributed by atoms with E-state index < -0.39 is 12.0 Å². The third kappa shape index (κ3) is 5.79. The van der Waals surface area contributed by atoms with Crippen molar-refractivity contribution in [1.29, 1.82) is 0 Å². The van der Waals surface area contributed by atoms with E-state index in [1.54, 1.807) is 18.2 Å². The summed E-state index contributed by atoms with van der Waals surface area (Å²) in [5.41, 5.74) is 0.491. The summed E-state index contributed by atoms with van der Waals surface area (Å²) in [5, 5.41) is 14.4. The molecule has 1 unspecified atom stereocenters. The van der Waals surface area contributed by atoms with E-state index in [4.69, 9.17) is 16.7 Å². The van der Waals surface area contributed by atoms with Crippen molar-refractivity contribution in [2.75, 3.05) is 11.9 Å². The molecule has 0 fully saturated rings. The first-order valence-corrected chi connectivity index (χ1v) is 7.31. The molecule has 1 atom stereocenters. The molecular weight excluding hydrogens is 348 g/mol. The quantitative estimate of drug-likeness (QED) is 0.720. The number of carbonyl (C=O) groups excluding carboxylic acids is 1. The van der Waals surface area contributed by atoms with Crippen LogP contribution in [0.25, 0.3) is 0 Å². The predicted octanol–water partition coefficient (Wildman–Crippen LogP) is 3.72. The second-order valence-electron chi connectivity index (χ2n) is 4.33. The van der Waals surface area contributed by atoms with Gasteiger partial charge in [-0.25, -0.2) is 4.79 Å². The van der Waals surface area contributed by atoms with Crippen LogP contribution in [0.3, 0.4) is 0 Å². The average molecular weight is 364 g/mol. The van der Waals surface area contributed by atoms with Gasteiger partial charge < -0.3 is 15.7 Å². The molecule has 110 valence electrons. The Morgan fingerprint density at radius 2 is 2.15 bits per heavy atom. The molecule has 0 aliphatic carbocycles. The molecular formula is C13H16BrClN2O3. The SMILES string of the molecule is CCC(CNC(=O)Nc1cc(Br)ccc1Cl)CC(=O)O. The number of halogens is 2. The third-order valence-corrected chi connectivity index (χ3v) is 3.59. The highest BCUT2D eigenvalue weighted by atomic mass is 79.9. The van der Waals surface area contributed by atoms with Crippen molar-refractivity contribution in [3.8, 4) is 0 Å². The minimum atomic E-state index is -0.867. The Bertz CT molecular complexity index is 497. The van der Waals surface area contributed by atoms with E-state index in [0.717, 1.165) is 4.47 Å². The van der Waals surface area contributed by atoms with Gasteiger partial charge in [-0.1, -0.05) is 40.9 Å².